The summed E-state index contributed by atoms with van der Waals surface area (Å²) in [6, 6.07) is 3.71. The van der Waals surface area contributed by atoms with E-state index in [4.69, 9.17) is 0 Å². The second kappa shape index (κ2) is 7.56. The van der Waals surface area contributed by atoms with Gasteiger partial charge < -0.3 is 10.6 Å². The number of pyridine rings is 1. The molecule has 18 heavy (non-hydrogen) atoms. The van der Waals surface area contributed by atoms with Crippen LogP contribution in [0.5, 0.6) is 0 Å². The van der Waals surface area contributed by atoms with Crippen LogP contribution in [0.3, 0.4) is 0 Å². The molecule has 0 radical (unpaired) electrons. The number of rotatable bonds is 3. The molecule has 0 saturated carbocycles. The van der Waals surface area contributed by atoms with Gasteiger partial charge in [0.1, 0.15) is 0 Å². The van der Waals surface area contributed by atoms with Crippen molar-refractivity contribution in [2.24, 2.45) is 5.92 Å². The highest BCUT2D eigenvalue weighted by Gasteiger charge is 2.18. The van der Waals surface area contributed by atoms with Crippen molar-refractivity contribution < 1.29 is 4.79 Å². The van der Waals surface area contributed by atoms with Crippen molar-refractivity contribution in [3.8, 4) is 0 Å². The summed E-state index contributed by atoms with van der Waals surface area (Å²) in [6.45, 7) is 6.55. The van der Waals surface area contributed by atoms with Gasteiger partial charge in [0, 0.05) is 31.2 Å². The van der Waals surface area contributed by atoms with Crippen LogP contribution in [-0.2, 0) is 0 Å². The number of nitrogens with zero attached hydrogens (tertiary/aromatic N) is 1. The number of hydrogen-bond acceptors (Lipinski definition) is 3. The molecule has 6 heteroatoms. The third kappa shape index (κ3) is 4.12. The molecule has 0 unspecified atom stereocenters. The van der Waals surface area contributed by atoms with Gasteiger partial charge in [-0.25, -0.2) is 0 Å². The number of nitrogens with one attached hydrogen (secondary N) is 2. The molecule has 1 aliphatic heterocycles. The number of hydrogen-bond donors (Lipinski definition) is 2. The Balaban J connectivity index is 0.00000144. The van der Waals surface area contributed by atoms with Crippen LogP contribution in [0.1, 0.15) is 21.7 Å². The molecule has 2 rings (SSSR count). The zero-order valence-electron chi connectivity index (χ0n) is 10.5. The van der Waals surface area contributed by atoms with E-state index in [0.717, 1.165) is 31.0 Å². The normalized spacial score (nSPS) is 13.9. The van der Waals surface area contributed by atoms with Gasteiger partial charge in [-0.05, 0) is 26.0 Å². The van der Waals surface area contributed by atoms with E-state index in [1.165, 1.54) is 0 Å². The van der Waals surface area contributed by atoms with Gasteiger partial charge in [-0.1, -0.05) is 0 Å². The van der Waals surface area contributed by atoms with Gasteiger partial charge in [0.15, 0.2) is 0 Å². The maximum absolute atomic E-state index is 11.8. The van der Waals surface area contributed by atoms with Crippen LogP contribution in [0.25, 0.3) is 0 Å². The van der Waals surface area contributed by atoms with Crippen molar-refractivity contribution in [2.75, 3.05) is 19.6 Å². The quantitative estimate of drug-likeness (QED) is 0.887. The van der Waals surface area contributed by atoms with Crippen LogP contribution in [0.4, 0.5) is 0 Å². The smallest absolute Gasteiger partial charge is 0.253 e. The van der Waals surface area contributed by atoms with E-state index in [9.17, 15) is 4.79 Å². The van der Waals surface area contributed by atoms with Crippen LogP contribution in [-0.4, -0.2) is 30.5 Å². The summed E-state index contributed by atoms with van der Waals surface area (Å²) in [4.78, 5) is 16.1. The molecule has 0 bridgehead atoms. The van der Waals surface area contributed by atoms with Crippen molar-refractivity contribution in [2.45, 2.75) is 13.8 Å². The molecular formula is C12H19Cl2N3O. The van der Waals surface area contributed by atoms with E-state index in [-0.39, 0.29) is 30.7 Å². The fourth-order valence-corrected chi connectivity index (χ4v) is 1.75. The van der Waals surface area contributed by atoms with Crippen molar-refractivity contribution >= 4 is 30.7 Å². The Hall–Kier alpha value is -0.840. The predicted octanol–water partition coefficient (Wildman–Crippen LogP) is 1.49. The van der Waals surface area contributed by atoms with Crippen LogP contribution >= 0.6 is 24.8 Å². The number of aryl methyl sites for hydroxylation is 2. The fourth-order valence-electron chi connectivity index (χ4n) is 1.75. The number of carbonyl (C=O) groups is 1. The van der Waals surface area contributed by atoms with Crippen LogP contribution < -0.4 is 10.6 Å². The molecule has 0 spiro atoms. The SMILES string of the molecule is Cc1ccc(C(=O)NCC2CNC2)c(C)n1.Cl.Cl. The van der Waals surface area contributed by atoms with E-state index >= 15 is 0 Å². The molecule has 2 heterocycles. The summed E-state index contributed by atoms with van der Waals surface area (Å²) in [5.41, 5.74) is 2.42. The average molecular weight is 292 g/mol. The molecule has 102 valence electrons. The van der Waals surface area contributed by atoms with Crippen LogP contribution in [0.15, 0.2) is 12.1 Å². The first-order valence-corrected chi connectivity index (χ1v) is 5.60. The molecule has 1 amide bonds. The minimum atomic E-state index is -0.0168. The topological polar surface area (TPSA) is 54.0 Å². The first kappa shape index (κ1) is 17.2. The monoisotopic (exact) mass is 291 g/mol. The third-order valence-electron chi connectivity index (χ3n) is 2.89. The molecule has 1 aliphatic rings. The summed E-state index contributed by atoms with van der Waals surface area (Å²) in [5, 5.41) is 6.12. The Kier molecular flexibility index (Phi) is 7.21. The minimum absolute atomic E-state index is 0. The second-order valence-electron chi connectivity index (χ2n) is 4.32. The van der Waals surface area contributed by atoms with E-state index in [0.29, 0.717) is 11.5 Å². The molecule has 1 saturated heterocycles. The molecule has 1 aromatic heterocycles. The van der Waals surface area contributed by atoms with Crippen molar-refractivity contribution in [1.29, 1.82) is 0 Å². The van der Waals surface area contributed by atoms with Crippen LogP contribution in [0, 0.1) is 19.8 Å². The van der Waals surface area contributed by atoms with Crippen molar-refractivity contribution in [3.05, 3.63) is 29.1 Å². The van der Waals surface area contributed by atoms with Crippen LogP contribution in [0.2, 0.25) is 0 Å². The lowest BCUT2D eigenvalue weighted by molar-refractivity contribution is 0.0941. The van der Waals surface area contributed by atoms with Gasteiger partial charge in [0.05, 0.1) is 11.3 Å². The van der Waals surface area contributed by atoms with E-state index in [1.54, 1.807) is 0 Å². The number of aromatic nitrogens is 1. The Morgan fingerprint density at radius 1 is 1.39 bits per heavy atom. The van der Waals surface area contributed by atoms with E-state index < -0.39 is 0 Å². The predicted molar refractivity (Wildman–Crippen MR) is 76.9 cm³/mol. The largest absolute Gasteiger partial charge is 0.352 e. The molecule has 1 aromatic rings. The maximum Gasteiger partial charge on any atom is 0.253 e. The van der Waals surface area contributed by atoms with Gasteiger partial charge in [0.2, 0.25) is 0 Å². The number of amides is 1. The highest BCUT2D eigenvalue weighted by molar-refractivity contribution is 5.95. The molecule has 2 N–H and O–H groups in total. The Morgan fingerprint density at radius 2 is 2.06 bits per heavy atom. The summed E-state index contributed by atoms with van der Waals surface area (Å²) in [7, 11) is 0. The molecule has 4 nitrogen and oxygen atoms in total. The van der Waals surface area contributed by atoms with Crippen molar-refractivity contribution in [1.82, 2.24) is 15.6 Å². The summed E-state index contributed by atoms with van der Waals surface area (Å²) in [5.74, 6) is 0.569. The highest BCUT2D eigenvalue weighted by atomic mass is 35.5. The minimum Gasteiger partial charge on any atom is -0.352 e. The average Bonchev–Trinajstić information content (AvgIpc) is 2.14. The molecule has 0 atom stereocenters. The van der Waals surface area contributed by atoms with Crippen molar-refractivity contribution in [3.63, 3.8) is 0 Å². The van der Waals surface area contributed by atoms with E-state index in [2.05, 4.69) is 15.6 Å². The highest BCUT2D eigenvalue weighted by Crippen LogP contribution is 2.07. The number of carbonyl (C=O) groups excluding carboxylic acids is 1. The zero-order valence-corrected chi connectivity index (χ0v) is 12.2. The summed E-state index contributed by atoms with van der Waals surface area (Å²) < 4.78 is 0. The molecule has 0 aromatic carbocycles. The lowest BCUT2D eigenvalue weighted by Gasteiger charge is -2.27. The number of halogens is 2. The zero-order chi connectivity index (χ0) is 11.5. The molecule has 0 aliphatic carbocycles. The molecule has 1 fully saturated rings. The van der Waals surface area contributed by atoms with Gasteiger partial charge in [-0.3, -0.25) is 9.78 Å². The second-order valence-corrected chi connectivity index (χ2v) is 4.32. The van der Waals surface area contributed by atoms with Gasteiger partial charge in [-0.15, -0.1) is 24.8 Å². The third-order valence-corrected chi connectivity index (χ3v) is 2.89. The van der Waals surface area contributed by atoms with Gasteiger partial charge >= 0.3 is 0 Å². The standard InChI is InChI=1S/C12H17N3O.2ClH/c1-8-3-4-11(9(2)15-8)12(16)14-7-10-5-13-6-10;;/h3-4,10,13H,5-7H2,1-2H3,(H,14,16);2*1H. The molecular weight excluding hydrogens is 273 g/mol. The van der Waals surface area contributed by atoms with Gasteiger partial charge in [0.25, 0.3) is 5.91 Å². The Bertz CT molecular complexity index is 408. The summed E-state index contributed by atoms with van der Waals surface area (Å²) in [6.07, 6.45) is 0. The van der Waals surface area contributed by atoms with Gasteiger partial charge in [-0.2, -0.15) is 0 Å². The summed E-state index contributed by atoms with van der Waals surface area (Å²) >= 11 is 0. The Morgan fingerprint density at radius 3 is 2.56 bits per heavy atom. The lowest BCUT2D eigenvalue weighted by Crippen LogP contribution is -2.48. The van der Waals surface area contributed by atoms with E-state index in [1.807, 2.05) is 26.0 Å². The Labute approximate surface area is 120 Å². The lowest BCUT2D eigenvalue weighted by atomic mass is 10.0. The fraction of sp³-hybridized carbons (Fsp3) is 0.500. The first-order valence-electron chi connectivity index (χ1n) is 5.60. The first-order chi connectivity index (χ1) is 7.66. The maximum atomic E-state index is 11.8.